The van der Waals surface area contributed by atoms with Crippen molar-refractivity contribution < 1.29 is 23.5 Å². The van der Waals surface area contributed by atoms with Gasteiger partial charge in [0, 0.05) is 22.0 Å². The molecule has 1 aliphatic heterocycles. The van der Waals surface area contributed by atoms with Crippen LogP contribution in [-0.2, 0) is 16.0 Å². The maximum absolute atomic E-state index is 13.6. The Bertz CT molecular complexity index is 1340. The average Bonchev–Trinajstić information content (AvgIpc) is 2.79. The fraction of sp³-hybridized carbons (Fsp3) is 0.0800. The molecule has 0 atom stereocenters. The molecule has 6 nitrogen and oxygen atoms in total. The van der Waals surface area contributed by atoms with Gasteiger partial charge in [-0.2, -0.15) is 0 Å². The van der Waals surface area contributed by atoms with Crippen LogP contribution in [0, 0.1) is 5.82 Å². The van der Waals surface area contributed by atoms with Gasteiger partial charge < -0.3 is 4.74 Å². The summed E-state index contributed by atoms with van der Waals surface area (Å²) in [5.41, 5.74) is 1.73. The molecule has 0 unspecified atom stereocenters. The van der Waals surface area contributed by atoms with E-state index in [9.17, 15) is 18.8 Å². The second-order valence-corrected chi connectivity index (χ2v) is 8.27. The number of amides is 4. The summed E-state index contributed by atoms with van der Waals surface area (Å²) in [5.74, 6) is -1.59. The maximum Gasteiger partial charge on any atom is 0.335 e. The van der Waals surface area contributed by atoms with Gasteiger partial charge in [-0.15, -0.1) is 0 Å². The molecule has 172 valence electrons. The molecule has 0 aliphatic carbocycles. The number of barbiturate groups is 1. The molecule has 0 saturated carbocycles. The summed E-state index contributed by atoms with van der Waals surface area (Å²) in [6, 6.07) is 14.5. The molecule has 1 fully saturated rings. The van der Waals surface area contributed by atoms with Crippen LogP contribution in [0.25, 0.3) is 6.08 Å². The minimum Gasteiger partial charge on any atom is -0.496 e. The molecule has 1 N–H and O–H groups in total. The van der Waals surface area contributed by atoms with Gasteiger partial charge in [-0.25, -0.2) is 14.1 Å². The number of anilines is 1. The highest BCUT2D eigenvalue weighted by Crippen LogP contribution is 2.32. The van der Waals surface area contributed by atoms with E-state index in [1.807, 2.05) is 0 Å². The third-order valence-corrected chi connectivity index (χ3v) is 5.75. The Kier molecular flexibility index (Phi) is 6.68. The molecule has 4 rings (SSSR count). The lowest BCUT2D eigenvalue weighted by molar-refractivity contribution is -0.122. The highest BCUT2D eigenvalue weighted by atomic mass is 35.5. The van der Waals surface area contributed by atoms with Crippen molar-refractivity contribution in [3.63, 3.8) is 0 Å². The van der Waals surface area contributed by atoms with Gasteiger partial charge in [0.1, 0.15) is 17.1 Å². The van der Waals surface area contributed by atoms with E-state index in [0.717, 1.165) is 4.90 Å². The number of urea groups is 1. The zero-order chi connectivity index (χ0) is 24.4. The summed E-state index contributed by atoms with van der Waals surface area (Å²) in [5, 5.41) is 2.90. The topological polar surface area (TPSA) is 75.7 Å². The van der Waals surface area contributed by atoms with Gasteiger partial charge in [-0.05, 0) is 65.7 Å². The molecule has 0 spiro atoms. The average molecular weight is 499 g/mol. The van der Waals surface area contributed by atoms with Crippen LogP contribution in [0.4, 0.5) is 14.9 Å². The van der Waals surface area contributed by atoms with E-state index in [-0.39, 0.29) is 17.1 Å². The number of hydrogen-bond donors (Lipinski definition) is 1. The number of hydrogen-bond acceptors (Lipinski definition) is 4. The third-order valence-electron chi connectivity index (χ3n) is 5.16. The molecule has 3 aromatic carbocycles. The van der Waals surface area contributed by atoms with E-state index in [0.29, 0.717) is 38.9 Å². The normalized spacial score (nSPS) is 15.0. The van der Waals surface area contributed by atoms with Gasteiger partial charge in [0.2, 0.25) is 0 Å². The van der Waals surface area contributed by atoms with Crippen molar-refractivity contribution in [3.8, 4) is 5.75 Å². The van der Waals surface area contributed by atoms with E-state index >= 15 is 0 Å². The van der Waals surface area contributed by atoms with Crippen molar-refractivity contribution in [2.75, 3.05) is 12.0 Å². The fourth-order valence-electron chi connectivity index (χ4n) is 3.57. The molecule has 1 aliphatic rings. The van der Waals surface area contributed by atoms with Crippen molar-refractivity contribution >= 4 is 52.8 Å². The van der Waals surface area contributed by atoms with Crippen LogP contribution in [0.15, 0.2) is 66.2 Å². The number of methoxy groups -OCH3 is 1. The Hall–Kier alpha value is -3.68. The number of carbonyl (C=O) groups is 3. The number of rotatable bonds is 5. The van der Waals surface area contributed by atoms with E-state index in [2.05, 4.69) is 5.32 Å². The lowest BCUT2D eigenvalue weighted by Crippen LogP contribution is -2.54. The van der Waals surface area contributed by atoms with E-state index in [1.165, 1.54) is 49.6 Å². The highest BCUT2D eigenvalue weighted by molar-refractivity contribution is 6.39. The Morgan fingerprint density at radius 2 is 1.76 bits per heavy atom. The zero-order valence-electron chi connectivity index (χ0n) is 17.8. The maximum atomic E-state index is 13.6. The first-order valence-corrected chi connectivity index (χ1v) is 10.8. The van der Waals surface area contributed by atoms with Crippen molar-refractivity contribution in [2.24, 2.45) is 0 Å². The zero-order valence-corrected chi connectivity index (χ0v) is 19.3. The van der Waals surface area contributed by atoms with Gasteiger partial charge in [-0.3, -0.25) is 14.9 Å². The summed E-state index contributed by atoms with van der Waals surface area (Å²) in [4.78, 5) is 38.7. The fourth-order valence-corrected chi connectivity index (χ4v) is 3.98. The summed E-state index contributed by atoms with van der Waals surface area (Å²) in [6.07, 6.45) is 1.64. The van der Waals surface area contributed by atoms with Gasteiger partial charge in [0.25, 0.3) is 11.8 Å². The third kappa shape index (κ3) is 4.81. The minimum atomic E-state index is -0.865. The smallest absolute Gasteiger partial charge is 0.335 e. The van der Waals surface area contributed by atoms with Gasteiger partial charge in [-0.1, -0.05) is 35.3 Å². The second kappa shape index (κ2) is 9.67. The Balaban J connectivity index is 1.70. The van der Waals surface area contributed by atoms with Crippen LogP contribution in [0.2, 0.25) is 10.0 Å². The molecule has 3 aromatic rings. The molecule has 34 heavy (non-hydrogen) atoms. The molecular formula is C25H17Cl2FN2O4. The van der Waals surface area contributed by atoms with Crippen LogP contribution in [0.3, 0.4) is 0 Å². The Morgan fingerprint density at radius 1 is 1.03 bits per heavy atom. The molecule has 0 aromatic heterocycles. The predicted molar refractivity (Wildman–Crippen MR) is 128 cm³/mol. The molecule has 1 saturated heterocycles. The van der Waals surface area contributed by atoms with Crippen LogP contribution in [0.5, 0.6) is 5.75 Å². The summed E-state index contributed by atoms with van der Waals surface area (Å²) in [7, 11) is 1.46. The number of ether oxygens (including phenoxy) is 1. The summed E-state index contributed by atoms with van der Waals surface area (Å²) >= 11 is 12.4. The largest absolute Gasteiger partial charge is 0.496 e. The SMILES string of the molecule is COc1cc(/C=C2\C(=O)NC(=O)N(c3ccc(Cl)cc3)C2=O)cc(Cl)c1Cc1cccc(F)c1. The minimum absolute atomic E-state index is 0.256. The summed E-state index contributed by atoms with van der Waals surface area (Å²) in [6.45, 7) is 0. The van der Waals surface area contributed by atoms with Gasteiger partial charge in [0.05, 0.1) is 12.8 Å². The lowest BCUT2D eigenvalue weighted by Gasteiger charge is -2.26. The molecule has 4 amide bonds. The molecule has 9 heteroatoms. The standard InChI is InChI=1S/C25H17Cl2FN2O4/c1-34-22-13-15(12-21(27)19(22)10-14-3-2-4-17(28)9-14)11-20-23(31)29-25(33)30(24(20)32)18-7-5-16(26)6-8-18/h2-9,11-13H,10H2,1H3,(H,29,31,33)/b20-11+. The highest BCUT2D eigenvalue weighted by Gasteiger charge is 2.36. The monoisotopic (exact) mass is 498 g/mol. The van der Waals surface area contributed by atoms with Crippen LogP contribution < -0.4 is 15.0 Å². The molecule has 1 heterocycles. The first-order valence-electron chi connectivity index (χ1n) is 10.0. The van der Waals surface area contributed by atoms with E-state index in [1.54, 1.807) is 24.3 Å². The van der Waals surface area contributed by atoms with Crippen LogP contribution >= 0.6 is 23.2 Å². The van der Waals surface area contributed by atoms with Gasteiger partial charge >= 0.3 is 6.03 Å². The number of benzene rings is 3. The Labute approximate surface area is 204 Å². The lowest BCUT2D eigenvalue weighted by atomic mass is 10.00. The number of carbonyl (C=O) groups excluding carboxylic acids is 3. The number of nitrogens with one attached hydrogen (secondary N) is 1. The molecule has 0 bridgehead atoms. The second-order valence-electron chi connectivity index (χ2n) is 7.42. The van der Waals surface area contributed by atoms with Crippen molar-refractivity contribution in [2.45, 2.75) is 6.42 Å². The van der Waals surface area contributed by atoms with E-state index in [4.69, 9.17) is 27.9 Å². The molecular weight excluding hydrogens is 482 g/mol. The van der Waals surface area contributed by atoms with Crippen molar-refractivity contribution in [1.29, 1.82) is 0 Å². The van der Waals surface area contributed by atoms with Crippen LogP contribution in [0.1, 0.15) is 16.7 Å². The van der Waals surface area contributed by atoms with Crippen LogP contribution in [-0.4, -0.2) is 25.0 Å². The predicted octanol–water partition coefficient (Wildman–Crippen LogP) is 5.40. The first kappa shape index (κ1) is 23.5. The first-order chi connectivity index (χ1) is 16.3. The van der Waals surface area contributed by atoms with Gasteiger partial charge in [0.15, 0.2) is 0 Å². The number of halogens is 3. The molecule has 0 radical (unpaired) electrons. The van der Waals surface area contributed by atoms with Crippen molar-refractivity contribution in [3.05, 3.63) is 98.8 Å². The van der Waals surface area contributed by atoms with Crippen molar-refractivity contribution in [1.82, 2.24) is 5.32 Å². The number of nitrogens with zero attached hydrogens (tertiary/aromatic N) is 1. The van der Waals surface area contributed by atoms with E-state index < -0.39 is 17.8 Å². The quantitative estimate of drug-likeness (QED) is 0.377. The Morgan fingerprint density at radius 3 is 2.44 bits per heavy atom. The summed E-state index contributed by atoms with van der Waals surface area (Å²) < 4.78 is 19.0. The number of imide groups is 2.